The molecule has 0 saturated carbocycles. The van der Waals surface area contributed by atoms with Gasteiger partial charge in [0, 0.05) is 23.3 Å². The summed E-state index contributed by atoms with van der Waals surface area (Å²) in [5.74, 6) is 2.55. The van der Waals surface area contributed by atoms with Crippen LogP contribution in [0.4, 0.5) is 0 Å². The summed E-state index contributed by atoms with van der Waals surface area (Å²) >= 11 is 0. The van der Waals surface area contributed by atoms with Crippen molar-refractivity contribution in [3.8, 4) is 23.0 Å². The summed E-state index contributed by atoms with van der Waals surface area (Å²) < 4.78 is 24.6. The predicted molar refractivity (Wildman–Crippen MR) is 138 cm³/mol. The Bertz CT molecular complexity index is 948. The fraction of sp³-hybridized carbons (Fsp3) is 0.586. The Labute approximate surface area is 206 Å². The van der Waals surface area contributed by atoms with Crippen LogP contribution in [0, 0.1) is 0 Å². The van der Waals surface area contributed by atoms with Crippen LogP contribution >= 0.6 is 0 Å². The van der Waals surface area contributed by atoms with E-state index in [2.05, 4.69) is 20.8 Å². The van der Waals surface area contributed by atoms with E-state index in [-0.39, 0.29) is 17.3 Å². The second-order valence-electron chi connectivity index (χ2n) is 11.6. The normalized spacial score (nSPS) is 13.6. The molecule has 0 radical (unpaired) electrons. The molecule has 2 aromatic carbocycles. The third kappa shape index (κ3) is 8.43. The summed E-state index contributed by atoms with van der Waals surface area (Å²) in [4.78, 5) is 0. The van der Waals surface area contributed by atoms with Crippen molar-refractivity contribution >= 4 is 0 Å². The number of hydrogen-bond acceptors (Lipinski definition) is 5. The highest BCUT2D eigenvalue weighted by atomic mass is 16.5. The van der Waals surface area contributed by atoms with Gasteiger partial charge >= 0.3 is 0 Å². The van der Waals surface area contributed by atoms with Crippen molar-refractivity contribution in [3.63, 3.8) is 0 Å². The molecule has 1 unspecified atom stereocenters. The van der Waals surface area contributed by atoms with Crippen LogP contribution in [0.2, 0.25) is 0 Å². The number of ether oxygens (including phenoxy) is 4. The molecule has 190 valence electrons. The van der Waals surface area contributed by atoms with Gasteiger partial charge in [-0.1, -0.05) is 6.92 Å². The van der Waals surface area contributed by atoms with Gasteiger partial charge in [-0.15, -0.1) is 0 Å². The molecular formula is C29H44O5. The van der Waals surface area contributed by atoms with Crippen LogP contribution in [-0.4, -0.2) is 28.0 Å². The maximum atomic E-state index is 11.5. The molecule has 2 rings (SSSR count). The van der Waals surface area contributed by atoms with Crippen LogP contribution in [-0.2, 0) is 0 Å². The predicted octanol–water partition coefficient (Wildman–Crippen LogP) is 7.48. The van der Waals surface area contributed by atoms with E-state index in [9.17, 15) is 5.11 Å². The lowest BCUT2D eigenvalue weighted by molar-refractivity contribution is 0.104. The zero-order valence-electron chi connectivity index (χ0n) is 22.9. The summed E-state index contributed by atoms with van der Waals surface area (Å²) in [6.45, 7) is 22.1. The first-order chi connectivity index (χ1) is 15.5. The topological polar surface area (TPSA) is 57.2 Å². The lowest BCUT2D eigenvalue weighted by atomic mass is 9.98. The lowest BCUT2D eigenvalue weighted by Crippen LogP contribution is -2.27. The first kappa shape index (κ1) is 27.8. The van der Waals surface area contributed by atoms with E-state index in [0.717, 1.165) is 6.42 Å². The van der Waals surface area contributed by atoms with E-state index in [0.29, 0.717) is 34.1 Å². The molecule has 0 aliphatic rings. The molecule has 0 bridgehead atoms. The molecule has 5 heteroatoms. The first-order valence-electron chi connectivity index (χ1n) is 12.2. The zero-order valence-corrected chi connectivity index (χ0v) is 22.9. The average Bonchev–Trinajstić information content (AvgIpc) is 2.64. The van der Waals surface area contributed by atoms with Crippen molar-refractivity contribution in [2.24, 2.45) is 0 Å². The van der Waals surface area contributed by atoms with Gasteiger partial charge < -0.3 is 24.1 Å². The second kappa shape index (κ2) is 10.5. The molecule has 0 aromatic heterocycles. The molecule has 0 fully saturated rings. The highest BCUT2D eigenvalue weighted by Gasteiger charge is 2.26. The van der Waals surface area contributed by atoms with Gasteiger partial charge in [-0.05, 0) is 99.9 Å². The fourth-order valence-electron chi connectivity index (χ4n) is 3.29. The van der Waals surface area contributed by atoms with E-state index in [4.69, 9.17) is 18.9 Å². The van der Waals surface area contributed by atoms with Crippen LogP contribution in [0.15, 0.2) is 36.4 Å². The van der Waals surface area contributed by atoms with Gasteiger partial charge in [0.15, 0.2) is 0 Å². The second-order valence-corrected chi connectivity index (χ2v) is 11.6. The largest absolute Gasteiger partial charge is 0.490 e. The van der Waals surface area contributed by atoms with Crippen LogP contribution < -0.4 is 18.9 Å². The summed E-state index contributed by atoms with van der Waals surface area (Å²) in [5, 5.41) is 11.5. The number of hydrogen-bond donors (Lipinski definition) is 1. The Morgan fingerprint density at radius 2 is 1.18 bits per heavy atom. The number of rotatable bonds is 9. The van der Waals surface area contributed by atoms with Crippen molar-refractivity contribution in [1.29, 1.82) is 0 Å². The molecule has 0 aliphatic heterocycles. The number of aliphatic hydroxyl groups excluding tert-OH is 1. The van der Waals surface area contributed by atoms with Gasteiger partial charge in [-0.25, -0.2) is 0 Å². The third-order valence-electron chi connectivity index (χ3n) is 5.01. The van der Waals surface area contributed by atoms with Gasteiger partial charge in [0.25, 0.3) is 0 Å². The highest BCUT2D eigenvalue weighted by Crippen LogP contribution is 2.40. The molecule has 0 aliphatic carbocycles. The van der Waals surface area contributed by atoms with Gasteiger partial charge in [0.05, 0.1) is 6.10 Å². The van der Waals surface area contributed by atoms with Crippen LogP contribution in [0.3, 0.4) is 0 Å². The molecular weight excluding hydrogens is 428 g/mol. The van der Waals surface area contributed by atoms with Gasteiger partial charge in [0.2, 0.25) is 0 Å². The quantitative estimate of drug-likeness (QED) is 0.410. The SMILES string of the molecule is CCC(C)(C)Oc1ccc(C(O)c2ccc(OC(C)(C)C)cc2OC(C)(C)C)c(OC(C)C)c1. The van der Waals surface area contributed by atoms with Crippen molar-refractivity contribution < 1.29 is 24.1 Å². The van der Waals surface area contributed by atoms with Gasteiger partial charge in [-0.3, -0.25) is 0 Å². The van der Waals surface area contributed by atoms with Crippen LogP contribution in [0.1, 0.15) is 99.8 Å². The fourth-order valence-corrected chi connectivity index (χ4v) is 3.29. The van der Waals surface area contributed by atoms with Crippen molar-refractivity contribution in [3.05, 3.63) is 47.5 Å². The van der Waals surface area contributed by atoms with Gasteiger partial charge in [-0.2, -0.15) is 0 Å². The molecule has 2 aromatic rings. The van der Waals surface area contributed by atoms with Gasteiger partial charge in [0.1, 0.15) is 45.9 Å². The third-order valence-corrected chi connectivity index (χ3v) is 5.01. The molecule has 34 heavy (non-hydrogen) atoms. The van der Waals surface area contributed by atoms with Crippen molar-refractivity contribution in [2.45, 2.75) is 112 Å². The summed E-state index contributed by atoms with van der Waals surface area (Å²) in [6, 6.07) is 11.2. The summed E-state index contributed by atoms with van der Waals surface area (Å²) in [7, 11) is 0. The Kier molecular flexibility index (Phi) is 8.57. The average molecular weight is 473 g/mol. The maximum absolute atomic E-state index is 11.5. The molecule has 0 saturated heterocycles. The Balaban J connectivity index is 2.54. The minimum Gasteiger partial charge on any atom is -0.490 e. The number of aliphatic hydroxyl groups is 1. The molecule has 5 nitrogen and oxygen atoms in total. The van der Waals surface area contributed by atoms with E-state index in [1.54, 1.807) is 0 Å². The maximum Gasteiger partial charge on any atom is 0.129 e. The monoisotopic (exact) mass is 472 g/mol. The van der Waals surface area contributed by atoms with Crippen LogP contribution in [0.25, 0.3) is 0 Å². The lowest BCUT2D eigenvalue weighted by Gasteiger charge is -2.28. The summed E-state index contributed by atoms with van der Waals surface area (Å²) in [6.07, 6.45) is -0.148. The molecule has 1 atom stereocenters. The Morgan fingerprint density at radius 1 is 0.706 bits per heavy atom. The van der Waals surface area contributed by atoms with E-state index in [1.165, 1.54) is 0 Å². The van der Waals surface area contributed by atoms with Crippen LogP contribution in [0.5, 0.6) is 23.0 Å². The minimum atomic E-state index is -0.956. The first-order valence-corrected chi connectivity index (χ1v) is 12.2. The molecule has 0 spiro atoms. The van der Waals surface area contributed by atoms with Crippen molar-refractivity contribution in [2.75, 3.05) is 0 Å². The zero-order chi connectivity index (χ0) is 25.9. The minimum absolute atomic E-state index is 0.0618. The number of benzene rings is 2. The van der Waals surface area contributed by atoms with E-state index in [1.807, 2.05) is 91.8 Å². The highest BCUT2D eigenvalue weighted by molar-refractivity contribution is 5.50. The van der Waals surface area contributed by atoms with E-state index < -0.39 is 11.7 Å². The standard InChI is InChI=1S/C29H44O5/c1-12-29(10,11)33-21-14-15-22(24(17-21)31-19(2)3)26(30)23-16-13-20(32-27(4,5)6)18-25(23)34-28(7,8)9/h13-19,26,30H,12H2,1-11H3. The smallest absolute Gasteiger partial charge is 0.129 e. The summed E-state index contributed by atoms with van der Waals surface area (Å²) in [5.41, 5.74) is 0.201. The van der Waals surface area contributed by atoms with E-state index >= 15 is 0 Å². The Hall–Kier alpha value is -2.40. The molecule has 0 amide bonds. The van der Waals surface area contributed by atoms with Crippen molar-refractivity contribution in [1.82, 2.24) is 0 Å². The Morgan fingerprint density at radius 3 is 1.65 bits per heavy atom. The molecule has 1 N–H and O–H groups in total. The molecule has 0 heterocycles.